The van der Waals surface area contributed by atoms with Crippen LogP contribution in [0.3, 0.4) is 0 Å². The molecule has 0 saturated heterocycles. The van der Waals surface area contributed by atoms with Crippen molar-refractivity contribution in [2.24, 2.45) is 4.99 Å². The highest BCUT2D eigenvalue weighted by atomic mass is 16.5. The number of phenolic OH excluding ortho intramolecular Hbond substituents is 1. The monoisotopic (exact) mass is 346 g/mol. The number of aliphatic imine (C=N–C) groups is 1. The molecule has 0 atom stereocenters. The van der Waals surface area contributed by atoms with Crippen LogP contribution in [0.2, 0.25) is 0 Å². The fraction of sp³-hybridized carbons (Fsp3) is 0.444. The first kappa shape index (κ1) is 18.6. The molecule has 1 aromatic carbocycles. The second kappa shape index (κ2) is 8.96. The third kappa shape index (κ3) is 5.14. The van der Waals surface area contributed by atoms with Crippen molar-refractivity contribution >= 4 is 5.96 Å². The molecule has 25 heavy (non-hydrogen) atoms. The smallest absolute Gasteiger partial charge is 0.191 e. The molecule has 1 heterocycles. The molecule has 0 radical (unpaired) electrons. The van der Waals surface area contributed by atoms with Gasteiger partial charge in [-0.25, -0.2) is 4.99 Å². The van der Waals surface area contributed by atoms with Crippen molar-refractivity contribution < 1.29 is 14.4 Å². The van der Waals surface area contributed by atoms with E-state index < -0.39 is 0 Å². The van der Waals surface area contributed by atoms with E-state index in [9.17, 15) is 5.11 Å². The van der Waals surface area contributed by atoms with Gasteiger partial charge in [0.05, 0.1) is 25.9 Å². The third-order valence-electron chi connectivity index (χ3n) is 3.65. The molecule has 2 aromatic rings. The van der Waals surface area contributed by atoms with Crippen molar-refractivity contribution in [3.63, 3.8) is 0 Å². The van der Waals surface area contributed by atoms with Crippen LogP contribution < -0.4 is 15.4 Å². The summed E-state index contributed by atoms with van der Waals surface area (Å²) < 4.78 is 10.4. The lowest BCUT2D eigenvalue weighted by molar-refractivity contribution is 0.370. The minimum absolute atomic E-state index is 0.112. The second-order valence-corrected chi connectivity index (χ2v) is 5.89. The van der Waals surface area contributed by atoms with Gasteiger partial charge in [0, 0.05) is 18.2 Å². The van der Waals surface area contributed by atoms with Crippen molar-refractivity contribution in [2.45, 2.75) is 39.8 Å². The number of nitrogens with one attached hydrogen (secondary N) is 2. The van der Waals surface area contributed by atoms with Gasteiger partial charge < -0.3 is 25.0 Å². The lowest BCUT2D eigenvalue weighted by Gasteiger charge is -2.11. The molecule has 0 aliphatic rings. The molecule has 0 aliphatic carbocycles. The Kier molecular flexibility index (Phi) is 6.68. The van der Waals surface area contributed by atoms with E-state index in [2.05, 4.69) is 34.6 Å². The zero-order valence-corrected chi connectivity index (χ0v) is 15.2. The van der Waals surface area contributed by atoms with E-state index >= 15 is 0 Å². The number of ether oxygens (including phenoxy) is 1. The molecule has 136 valence electrons. The predicted molar refractivity (Wildman–Crippen MR) is 96.9 cm³/mol. The highest BCUT2D eigenvalue weighted by Crippen LogP contribution is 2.29. The molecule has 0 amide bonds. The SMILES string of the molecule is CCNC(=NCc1cccc(OC)c1O)NCc1cc(C(C)C)no1. The number of benzene rings is 1. The van der Waals surface area contributed by atoms with Crippen LogP contribution in [0.1, 0.15) is 43.7 Å². The van der Waals surface area contributed by atoms with E-state index in [-0.39, 0.29) is 5.75 Å². The number of rotatable bonds is 7. The number of aromatic hydroxyl groups is 1. The van der Waals surface area contributed by atoms with Crippen molar-refractivity contribution in [3.8, 4) is 11.5 Å². The fourth-order valence-corrected chi connectivity index (χ4v) is 2.22. The Morgan fingerprint density at radius 3 is 2.80 bits per heavy atom. The van der Waals surface area contributed by atoms with Crippen LogP contribution in [0, 0.1) is 0 Å². The first-order valence-electron chi connectivity index (χ1n) is 8.37. The predicted octanol–water partition coefficient (Wildman–Crippen LogP) is 2.77. The van der Waals surface area contributed by atoms with Crippen molar-refractivity contribution in [2.75, 3.05) is 13.7 Å². The van der Waals surface area contributed by atoms with E-state index in [1.807, 2.05) is 25.1 Å². The van der Waals surface area contributed by atoms with Gasteiger partial charge in [-0.2, -0.15) is 0 Å². The number of hydrogen-bond donors (Lipinski definition) is 3. The zero-order chi connectivity index (χ0) is 18.2. The normalized spacial score (nSPS) is 11.6. The van der Waals surface area contributed by atoms with Crippen molar-refractivity contribution in [1.82, 2.24) is 15.8 Å². The summed E-state index contributed by atoms with van der Waals surface area (Å²) in [6, 6.07) is 7.29. The molecule has 0 saturated carbocycles. The van der Waals surface area contributed by atoms with Crippen LogP contribution in [-0.2, 0) is 13.1 Å². The van der Waals surface area contributed by atoms with Gasteiger partial charge in [-0.15, -0.1) is 0 Å². The second-order valence-electron chi connectivity index (χ2n) is 5.89. The lowest BCUT2D eigenvalue weighted by atomic mass is 10.1. The maximum atomic E-state index is 10.1. The average Bonchev–Trinajstić information content (AvgIpc) is 3.08. The lowest BCUT2D eigenvalue weighted by Crippen LogP contribution is -2.36. The van der Waals surface area contributed by atoms with Gasteiger partial charge >= 0.3 is 0 Å². The average molecular weight is 346 g/mol. The number of guanidine groups is 1. The molecule has 3 N–H and O–H groups in total. The minimum atomic E-state index is 0.112. The minimum Gasteiger partial charge on any atom is -0.504 e. The topological polar surface area (TPSA) is 91.9 Å². The number of hydrogen-bond acceptors (Lipinski definition) is 5. The summed E-state index contributed by atoms with van der Waals surface area (Å²) in [6.45, 7) is 7.67. The van der Waals surface area contributed by atoms with E-state index in [1.165, 1.54) is 7.11 Å². The Morgan fingerprint density at radius 2 is 2.16 bits per heavy atom. The Morgan fingerprint density at radius 1 is 1.36 bits per heavy atom. The van der Waals surface area contributed by atoms with Gasteiger partial charge in [0.2, 0.25) is 0 Å². The maximum Gasteiger partial charge on any atom is 0.191 e. The Balaban J connectivity index is 2.02. The number of para-hydroxylation sites is 1. The van der Waals surface area contributed by atoms with E-state index in [1.54, 1.807) is 6.07 Å². The zero-order valence-electron chi connectivity index (χ0n) is 15.2. The van der Waals surface area contributed by atoms with Gasteiger partial charge in [-0.1, -0.05) is 31.1 Å². The van der Waals surface area contributed by atoms with Gasteiger partial charge in [0.25, 0.3) is 0 Å². The number of nitrogens with zero attached hydrogens (tertiary/aromatic N) is 2. The summed E-state index contributed by atoms with van der Waals surface area (Å²) in [4.78, 5) is 4.49. The Hall–Kier alpha value is -2.70. The molecule has 1 aromatic heterocycles. The van der Waals surface area contributed by atoms with Crippen LogP contribution in [0.4, 0.5) is 0 Å². The highest BCUT2D eigenvalue weighted by Gasteiger charge is 2.09. The van der Waals surface area contributed by atoms with Gasteiger partial charge in [0.15, 0.2) is 23.2 Å². The molecule has 0 bridgehead atoms. The fourth-order valence-electron chi connectivity index (χ4n) is 2.22. The molecule has 0 fully saturated rings. The Bertz CT molecular complexity index is 710. The standard InChI is InChI=1S/C18H26N4O3/c1-5-19-18(21-11-14-9-15(12(2)3)22-25-14)20-10-13-7-6-8-16(24-4)17(13)23/h6-9,12,23H,5,10-11H2,1-4H3,(H2,19,20,21). The summed E-state index contributed by atoms with van der Waals surface area (Å²) in [5.41, 5.74) is 1.62. The van der Waals surface area contributed by atoms with E-state index in [4.69, 9.17) is 9.26 Å². The molecule has 7 nitrogen and oxygen atoms in total. The van der Waals surface area contributed by atoms with E-state index in [0.717, 1.165) is 18.0 Å². The first-order chi connectivity index (χ1) is 12.0. The molecule has 7 heteroatoms. The molecule has 0 aliphatic heterocycles. The largest absolute Gasteiger partial charge is 0.504 e. The van der Waals surface area contributed by atoms with Gasteiger partial charge in [-0.3, -0.25) is 0 Å². The molecule has 2 rings (SSSR count). The number of phenols is 1. The summed E-state index contributed by atoms with van der Waals surface area (Å²) in [6.07, 6.45) is 0. The van der Waals surface area contributed by atoms with Gasteiger partial charge in [0.1, 0.15) is 0 Å². The van der Waals surface area contributed by atoms with Crippen LogP contribution >= 0.6 is 0 Å². The van der Waals surface area contributed by atoms with Crippen LogP contribution in [0.5, 0.6) is 11.5 Å². The van der Waals surface area contributed by atoms with Crippen LogP contribution in [0.25, 0.3) is 0 Å². The summed E-state index contributed by atoms with van der Waals surface area (Å²) in [7, 11) is 1.52. The number of methoxy groups -OCH3 is 1. The van der Waals surface area contributed by atoms with Crippen LogP contribution in [0.15, 0.2) is 33.8 Å². The van der Waals surface area contributed by atoms with Crippen LogP contribution in [-0.4, -0.2) is 29.9 Å². The quantitative estimate of drug-likeness (QED) is 0.527. The molecule has 0 unspecified atom stereocenters. The number of aromatic nitrogens is 1. The third-order valence-corrected chi connectivity index (χ3v) is 3.65. The Labute approximate surface area is 148 Å². The summed E-state index contributed by atoms with van der Waals surface area (Å²) >= 11 is 0. The van der Waals surface area contributed by atoms with Crippen molar-refractivity contribution in [1.29, 1.82) is 0 Å². The molecule has 0 spiro atoms. The summed E-state index contributed by atoms with van der Waals surface area (Å²) in [5.74, 6) is 2.26. The van der Waals surface area contributed by atoms with Crippen molar-refractivity contribution in [3.05, 3.63) is 41.3 Å². The van der Waals surface area contributed by atoms with Gasteiger partial charge in [-0.05, 0) is 18.9 Å². The molecular weight excluding hydrogens is 320 g/mol. The maximum absolute atomic E-state index is 10.1. The molecular formula is C18H26N4O3. The first-order valence-corrected chi connectivity index (χ1v) is 8.37. The van der Waals surface area contributed by atoms with E-state index in [0.29, 0.717) is 36.3 Å². The highest BCUT2D eigenvalue weighted by molar-refractivity contribution is 5.79. The summed E-state index contributed by atoms with van der Waals surface area (Å²) in [5, 5.41) is 20.5.